The van der Waals surface area contributed by atoms with E-state index in [4.69, 9.17) is 13.6 Å². The minimum Gasteiger partial charge on any atom is -0.467 e. The first kappa shape index (κ1) is 19.8. The number of carbonyl (C=O) groups is 1. The second-order valence-corrected chi connectivity index (χ2v) is 6.07. The number of hydrogen-bond donors (Lipinski definition) is 1. The molecule has 0 aliphatic carbocycles. The molecule has 0 fully saturated rings. The van der Waals surface area contributed by atoms with E-state index in [0.29, 0.717) is 18.8 Å². The summed E-state index contributed by atoms with van der Waals surface area (Å²) in [5.74, 6) is 0.217. The third-order valence-electron chi connectivity index (χ3n) is 4.11. The molecule has 1 N–H and O–H groups in total. The Morgan fingerprint density at radius 3 is 2.68 bits per heavy atom. The highest BCUT2D eigenvalue weighted by molar-refractivity contribution is 5.92. The van der Waals surface area contributed by atoms with Gasteiger partial charge >= 0.3 is 6.18 Å². The summed E-state index contributed by atoms with van der Waals surface area (Å²) in [5.41, 5.74) is -0.555. The topological polar surface area (TPSA) is 64.6 Å². The molecule has 1 atom stereocenters. The summed E-state index contributed by atoms with van der Waals surface area (Å²) >= 11 is 0. The highest BCUT2D eigenvalue weighted by Crippen LogP contribution is 2.32. The van der Waals surface area contributed by atoms with Gasteiger partial charge in [-0.05, 0) is 42.8 Å². The van der Waals surface area contributed by atoms with Crippen molar-refractivity contribution in [1.82, 2.24) is 5.32 Å². The summed E-state index contributed by atoms with van der Waals surface area (Å²) in [4.78, 5) is 12.5. The quantitative estimate of drug-likeness (QED) is 0.609. The number of halogens is 3. The monoisotopic (exact) mass is 393 g/mol. The first-order valence-electron chi connectivity index (χ1n) is 8.49. The molecule has 0 bridgehead atoms. The van der Waals surface area contributed by atoms with E-state index in [1.807, 2.05) is 0 Å². The van der Waals surface area contributed by atoms with Gasteiger partial charge in [-0.2, -0.15) is 13.2 Å². The van der Waals surface area contributed by atoms with Crippen LogP contribution in [0.2, 0.25) is 0 Å². The summed E-state index contributed by atoms with van der Waals surface area (Å²) < 4.78 is 54.5. The van der Waals surface area contributed by atoms with Gasteiger partial charge < -0.3 is 18.9 Å². The number of carbonyl (C=O) groups excluding carboxylic acids is 1. The molecule has 0 saturated heterocycles. The van der Waals surface area contributed by atoms with Crippen molar-refractivity contribution < 1.29 is 31.5 Å². The number of methoxy groups -OCH3 is 1. The Balaban J connectivity index is 1.76. The van der Waals surface area contributed by atoms with Crippen LogP contribution >= 0.6 is 0 Å². The summed E-state index contributed by atoms with van der Waals surface area (Å²) in [6.07, 6.45) is -2.47. The van der Waals surface area contributed by atoms with Crippen molar-refractivity contribution in [2.75, 3.05) is 13.7 Å². The summed E-state index contributed by atoms with van der Waals surface area (Å²) in [5, 5.41) is 2.78. The fourth-order valence-corrected chi connectivity index (χ4v) is 2.70. The molecule has 0 saturated carbocycles. The minimum atomic E-state index is -4.46. The predicted molar refractivity (Wildman–Crippen MR) is 94.6 cm³/mol. The van der Waals surface area contributed by atoms with Crippen molar-refractivity contribution in [3.8, 4) is 11.3 Å². The van der Waals surface area contributed by atoms with Crippen molar-refractivity contribution in [1.29, 1.82) is 0 Å². The molecule has 0 aliphatic rings. The van der Waals surface area contributed by atoms with Crippen LogP contribution in [-0.4, -0.2) is 19.6 Å². The SMILES string of the molecule is COCC[C@H](NC(=O)c1ccc(-c2cccc(C(F)(F)F)c2)o1)c1ccco1. The van der Waals surface area contributed by atoms with Crippen LogP contribution in [0.3, 0.4) is 0 Å². The largest absolute Gasteiger partial charge is 0.467 e. The summed E-state index contributed by atoms with van der Waals surface area (Å²) in [7, 11) is 1.55. The van der Waals surface area contributed by atoms with E-state index in [0.717, 1.165) is 12.1 Å². The minimum absolute atomic E-state index is 0.0126. The van der Waals surface area contributed by atoms with Crippen LogP contribution in [0.4, 0.5) is 13.2 Å². The molecular formula is C20H18F3NO4. The third-order valence-corrected chi connectivity index (χ3v) is 4.11. The average molecular weight is 393 g/mol. The van der Waals surface area contributed by atoms with E-state index >= 15 is 0 Å². The van der Waals surface area contributed by atoms with E-state index in [1.54, 1.807) is 19.2 Å². The Hall–Kier alpha value is -3.00. The molecule has 148 valence electrons. The second-order valence-electron chi connectivity index (χ2n) is 6.07. The van der Waals surface area contributed by atoms with E-state index in [9.17, 15) is 18.0 Å². The number of nitrogens with one attached hydrogen (secondary N) is 1. The Bertz CT molecular complexity index is 916. The van der Waals surface area contributed by atoms with Gasteiger partial charge in [-0.3, -0.25) is 4.79 Å². The lowest BCUT2D eigenvalue weighted by Crippen LogP contribution is -2.28. The molecule has 8 heteroatoms. The van der Waals surface area contributed by atoms with Gasteiger partial charge in [0, 0.05) is 19.3 Å². The third kappa shape index (κ3) is 4.64. The molecule has 0 aliphatic heterocycles. The predicted octanol–water partition coefficient (Wildman–Crippen LogP) is 5.07. The maximum Gasteiger partial charge on any atom is 0.416 e. The lowest BCUT2D eigenvalue weighted by Gasteiger charge is -2.15. The number of furan rings is 2. The number of alkyl halides is 3. The van der Waals surface area contributed by atoms with Gasteiger partial charge in [0.05, 0.1) is 17.9 Å². The zero-order valence-corrected chi connectivity index (χ0v) is 15.0. The van der Waals surface area contributed by atoms with Crippen molar-refractivity contribution >= 4 is 5.91 Å². The highest BCUT2D eigenvalue weighted by Gasteiger charge is 2.30. The van der Waals surface area contributed by atoms with E-state index in [-0.39, 0.29) is 17.1 Å². The molecule has 1 aromatic carbocycles. The molecule has 28 heavy (non-hydrogen) atoms. The van der Waals surface area contributed by atoms with Crippen LogP contribution in [0.1, 0.15) is 34.3 Å². The van der Waals surface area contributed by atoms with E-state index in [2.05, 4.69) is 5.32 Å². The van der Waals surface area contributed by atoms with E-state index in [1.165, 1.54) is 30.5 Å². The summed E-state index contributed by atoms with van der Waals surface area (Å²) in [6, 6.07) is 10.6. The molecule has 0 spiro atoms. The van der Waals surface area contributed by atoms with Gasteiger partial charge in [-0.1, -0.05) is 12.1 Å². The zero-order chi connectivity index (χ0) is 20.1. The highest BCUT2D eigenvalue weighted by atomic mass is 19.4. The van der Waals surface area contributed by atoms with Crippen molar-refractivity contribution in [3.63, 3.8) is 0 Å². The van der Waals surface area contributed by atoms with E-state index < -0.39 is 23.7 Å². The van der Waals surface area contributed by atoms with Crippen molar-refractivity contribution in [3.05, 3.63) is 71.9 Å². The van der Waals surface area contributed by atoms with Crippen molar-refractivity contribution in [2.45, 2.75) is 18.6 Å². The number of rotatable bonds is 7. The summed E-state index contributed by atoms with van der Waals surface area (Å²) in [6.45, 7) is 0.402. The average Bonchev–Trinajstić information content (AvgIpc) is 3.36. The van der Waals surface area contributed by atoms with Gasteiger partial charge in [0.25, 0.3) is 5.91 Å². The Labute approximate surface area is 159 Å². The molecule has 3 rings (SSSR count). The molecule has 0 radical (unpaired) electrons. The zero-order valence-electron chi connectivity index (χ0n) is 15.0. The fourth-order valence-electron chi connectivity index (χ4n) is 2.70. The van der Waals surface area contributed by atoms with Crippen LogP contribution in [0.15, 0.2) is 63.6 Å². The van der Waals surface area contributed by atoms with Crippen LogP contribution < -0.4 is 5.32 Å². The lowest BCUT2D eigenvalue weighted by atomic mass is 10.1. The first-order chi connectivity index (χ1) is 13.4. The molecule has 2 heterocycles. The Morgan fingerprint density at radius 2 is 2.00 bits per heavy atom. The Morgan fingerprint density at radius 1 is 1.18 bits per heavy atom. The van der Waals surface area contributed by atoms with Gasteiger partial charge in [0.1, 0.15) is 11.5 Å². The van der Waals surface area contributed by atoms with Gasteiger partial charge in [-0.15, -0.1) is 0 Å². The maximum absolute atomic E-state index is 12.9. The van der Waals surface area contributed by atoms with Crippen molar-refractivity contribution in [2.24, 2.45) is 0 Å². The van der Waals surface area contributed by atoms with Crippen LogP contribution in [0.5, 0.6) is 0 Å². The Kier molecular flexibility index (Phi) is 5.89. The van der Waals surface area contributed by atoms with Gasteiger partial charge in [0.15, 0.2) is 5.76 Å². The maximum atomic E-state index is 12.9. The molecule has 2 aromatic heterocycles. The van der Waals surface area contributed by atoms with Crippen LogP contribution in [0.25, 0.3) is 11.3 Å². The number of benzene rings is 1. The van der Waals surface area contributed by atoms with Crippen LogP contribution in [0, 0.1) is 0 Å². The fraction of sp³-hybridized carbons (Fsp3) is 0.250. The molecule has 3 aromatic rings. The standard InChI is InChI=1S/C20H18F3NO4/c1-26-11-9-15(17-6-3-10-27-17)24-19(25)18-8-7-16(28-18)13-4-2-5-14(12-13)20(21,22)23/h2-8,10,12,15H,9,11H2,1H3,(H,24,25)/t15-/m0/s1. The number of amides is 1. The normalized spacial score (nSPS) is 12.7. The lowest BCUT2D eigenvalue weighted by molar-refractivity contribution is -0.137. The van der Waals surface area contributed by atoms with Crippen LogP contribution in [-0.2, 0) is 10.9 Å². The number of hydrogen-bond acceptors (Lipinski definition) is 4. The first-order valence-corrected chi connectivity index (χ1v) is 8.49. The second kappa shape index (κ2) is 8.35. The van der Waals surface area contributed by atoms with Gasteiger partial charge in [0.2, 0.25) is 0 Å². The molecule has 1 amide bonds. The molecule has 0 unspecified atom stereocenters. The number of ether oxygens (including phenoxy) is 1. The smallest absolute Gasteiger partial charge is 0.416 e. The van der Waals surface area contributed by atoms with Gasteiger partial charge in [-0.25, -0.2) is 0 Å². The molecule has 5 nitrogen and oxygen atoms in total. The molecular weight excluding hydrogens is 375 g/mol.